The highest BCUT2D eigenvalue weighted by Gasteiger charge is 1.81. The highest BCUT2D eigenvalue weighted by Crippen LogP contribution is 2.00. The summed E-state index contributed by atoms with van der Waals surface area (Å²) in [5.74, 6) is -0.144. The Balaban J connectivity index is 3.05. The minimum atomic E-state index is -0.144. The Hall–Kier alpha value is -0.990. The van der Waals surface area contributed by atoms with Gasteiger partial charge in [-0.2, -0.15) is 0 Å². The molecule has 1 heterocycles. The van der Waals surface area contributed by atoms with Crippen molar-refractivity contribution in [2.75, 3.05) is 0 Å². The maximum absolute atomic E-state index is 8.24. The van der Waals surface area contributed by atoms with Gasteiger partial charge in [0.1, 0.15) is 0 Å². The molecule has 0 aliphatic rings. The Bertz CT molecular complexity index is 112. The quantitative estimate of drug-likeness (QED) is 0.495. The van der Waals surface area contributed by atoms with Crippen LogP contribution in [0.4, 0.5) is 0 Å². The largest absolute Gasteiger partial charge is 0.479 e. The van der Waals surface area contributed by atoms with Crippen molar-refractivity contribution in [3.63, 3.8) is 0 Å². The van der Waals surface area contributed by atoms with Crippen LogP contribution in [0, 0.1) is 0 Å². The summed E-state index contributed by atoms with van der Waals surface area (Å²) in [7, 11) is 0. The number of aromatic hydroxyl groups is 1. The van der Waals surface area contributed by atoms with Gasteiger partial charge in [0.15, 0.2) is 0 Å². The molecule has 0 aliphatic carbocycles. The molecule has 0 aliphatic heterocycles. The van der Waals surface area contributed by atoms with Gasteiger partial charge in [-0.05, 0) is 0 Å². The van der Waals surface area contributed by atoms with Crippen molar-refractivity contribution in [3.05, 3.63) is 12.3 Å². The van der Waals surface area contributed by atoms with Crippen molar-refractivity contribution in [3.8, 4) is 5.95 Å². The van der Waals surface area contributed by atoms with Gasteiger partial charge in [-0.3, -0.25) is 0 Å². The van der Waals surface area contributed by atoms with Gasteiger partial charge in [-0.15, -0.1) is 0 Å². The molecule has 0 saturated carbocycles. The molecular weight excluding hydrogens is 82.0 g/mol. The third-order valence-electron chi connectivity index (χ3n) is 0.424. The molecule has 32 valence electrons. The van der Waals surface area contributed by atoms with Crippen molar-refractivity contribution in [1.82, 2.24) is 5.16 Å². The minimum Gasteiger partial charge on any atom is -0.479 e. The number of aromatic nitrogens is 1. The van der Waals surface area contributed by atoms with Crippen LogP contribution in [0.1, 0.15) is 0 Å². The Morgan fingerprint density at radius 1 is 1.83 bits per heavy atom. The summed E-state index contributed by atoms with van der Waals surface area (Å²) in [6.45, 7) is 0. The second-order valence-electron chi connectivity index (χ2n) is 0.851. The lowest BCUT2D eigenvalue weighted by molar-refractivity contribution is 0.278. The van der Waals surface area contributed by atoms with E-state index in [1.165, 1.54) is 12.3 Å². The summed E-state index contributed by atoms with van der Waals surface area (Å²) in [4.78, 5) is 0. The van der Waals surface area contributed by atoms with E-state index in [1.54, 1.807) is 0 Å². The van der Waals surface area contributed by atoms with Crippen LogP contribution in [0.2, 0.25) is 0 Å². The fourth-order valence-corrected chi connectivity index (χ4v) is 0.209. The van der Waals surface area contributed by atoms with E-state index in [2.05, 4.69) is 9.68 Å². The average molecular weight is 85.1 g/mol. The van der Waals surface area contributed by atoms with Gasteiger partial charge in [0.2, 0.25) is 0 Å². The maximum Gasteiger partial charge on any atom is 0.308 e. The van der Waals surface area contributed by atoms with Gasteiger partial charge in [-0.25, -0.2) is 0 Å². The van der Waals surface area contributed by atoms with Gasteiger partial charge in [0, 0.05) is 6.07 Å². The molecule has 0 amide bonds. The molecule has 0 atom stereocenters. The van der Waals surface area contributed by atoms with Crippen LogP contribution in [0.5, 0.6) is 5.95 Å². The molecule has 0 unspecified atom stereocenters. The van der Waals surface area contributed by atoms with E-state index in [1.807, 2.05) is 0 Å². The molecule has 0 fully saturated rings. The molecule has 1 N–H and O–H groups in total. The van der Waals surface area contributed by atoms with Crippen LogP contribution >= 0.6 is 0 Å². The van der Waals surface area contributed by atoms with Crippen molar-refractivity contribution in [2.45, 2.75) is 0 Å². The molecule has 6 heavy (non-hydrogen) atoms. The third kappa shape index (κ3) is 0.337. The first kappa shape index (κ1) is 3.21. The average Bonchev–Trinajstić information content (AvgIpc) is 1.86. The summed E-state index contributed by atoms with van der Waals surface area (Å²) in [6, 6.07) is 1.36. The zero-order chi connectivity index (χ0) is 4.41. The van der Waals surface area contributed by atoms with E-state index >= 15 is 0 Å². The van der Waals surface area contributed by atoms with Gasteiger partial charge in [0.25, 0.3) is 0 Å². The smallest absolute Gasteiger partial charge is 0.308 e. The topological polar surface area (TPSA) is 46.3 Å². The monoisotopic (exact) mass is 85.0 g/mol. The second kappa shape index (κ2) is 1.01. The van der Waals surface area contributed by atoms with E-state index in [-0.39, 0.29) is 5.95 Å². The third-order valence-corrected chi connectivity index (χ3v) is 0.424. The first-order valence-corrected chi connectivity index (χ1v) is 1.49. The standard InChI is InChI=1S/C3H3NO2/c5-3-1-2-4-6-3/h1-2,5H. The van der Waals surface area contributed by atoms with Crippen molar-refractivity contribution in [1.29, 1.82) is 0 Å². The van der Waals surface area contributed by atoms with Gasteiger partial charge in [0.05, 0.1) is 6.20 Å². The van der Waals surface area contributed by atoms with Gasteiger partial charge >= 0.3 is 5.95 Å². The van der Waals surface area contributed by atoms with E-state index in [4.69, 9.17) is 5.11 Å². The van der Waals surface area contributed by atoms with Crippen molar-refractivity contribution in [2.24, 2.45) is 0 Å². The number of hydrogen-bond acceptors (Lipinski definition) is 3. The molecule has 0 spiro atoms. The first-order valence-electron chi connectivity index (χ1n) is 1.49. The summed E-state index contributed by atoms with van der Waals surface area (Å²) >= 11 is 0. The SMILES string of the molecule is Oc1ccno1. The van der Waals surface area contributed by atoms with Gasteiger partial charge < -0.3 is 9.63 Å². The molecule has 3 nitrogen and oxygen atoms in total. The van der Waals surface area contributed by atoms with E-state index in [9.17, 15) is 0 Å². The van der Waals surface area contributed by atoms with Crippen molar-refractivity contribution >= 4 is 0 Å². The first-order chi connectivity index (χ1) is 2.89. The Morgan fingerprint density at radius 3 is 2.83 bits per heavy atom. The molecule has 0 aromatic carbocycles. The Kier molecular flexibility index (Phi) is 0.538. The van der Waals surface area contributed by atoms with Gasteiger partial charge in [-0.1, -0.05) is 5.16 Å². The fourth-order valence-electron chi connectivity index (χ4n) is 0.209. The van der Waals surface area contributed by atoms with Crippen molar-refractivity contribution < 1.29 is 9.63 Å². The summed E-state index contributed by atoms with van der Waals surface area (Å²) in [5, 5.41) is 11.4. The molecule has 1 aromatic heterocycles. The van der Waals surface area contributed by atoms with Crippen LogP contribution in [0.25, 0.3) is 0 Å². The molecule has 1 rings (SSSR count). The van der Waals surface area contributed by atoms with Crippen LogP contribution < -0.4 is 0 Å². The number of nitrogens with zero attached hydrogens (tertiary/aromatic N) is 1. The Labute approximate surface area is 34.2 Å². The maximum atomic E-state index is 8.24. The molecular formula is C3H3NO2. The van der Waals surface area contributed by atoms with Crippen LogP contribution in [0.3, 0.4) is 0 Å². The molecule has 0 bridgehead atoms. The Morgan fingerprint density at radius 2 is 2.67 bits per heavy atom. The number of rotatable bonds is 0. The highest BCUT2D eigenvalue weighted by atomic mass is 16.5. The normalized spacial score (nSPS) is 8.67. The minimum absolute atomic E-state index is 0.144. The lowest BCUT2D eigenvalue weighted by Crippen LogP contribution is -1.44. The zero-order valence-electron chi connectivity index (χ0n) is 2.96. The van der Waals surface area contributed by atoms with Crippen LogP contribution in [-0.4, -0.2) is 10.3 Å². The van der Waals surface area contributed by atoms with E-state index in [0.717, 1.165) is 0 Å². The van der Waals surface area contributed by atoms with E-state index < -0.39 is 0 Å². The lowest BCUT2D eigenvalue weighted by atomic mass is 10.7. The van der Waals surface area contributed by atoms with Crippen LogP contribution in [0.15, 0.2) is 16.8 Å². The predicted molar refractivity (Wildman–Crippen MR) is 18.2 cm³/mol. The number of hydrogen-bond donors (Lipinski definition) is 1. The summed E-state index contributed by atoms with van der Waals surface area (Å²) in [5.41, 5.74) is 0. The second-order valence-corrected chi connectivity index (χ2v) is 0.851. The molecule has 1 aromatic rings. The lowest BCUT2D eigenvalue weighted by Gasteiger charge is -1.66. The summed E-state index contributed by atoms with van der Waals surface area (Å²) < 4.78 is 4.14. The highest BCUT2D eigenvalue weighted by molar-refractivity contribution is 4.94. The molecule has 3 heteroatoms. The molecule has 0 saturated heterocycles. The predicted octanol–water partition coefficient (Wildman–Crippen LogP) is 0.380. The summed E-state index contributed by atoms with van der Waals surface area (Å²) in [6.07, 6.45) is 1.37. The van der Waals surface area contributed by atoms with Crippen LogP contribution in [-0.2, 0) is 0 Å². The molecule has 0 radical (unpaired) electrons. The zero-order valence-corrected chi connectivity index (χ0v) is 2.96. The van der Waals surface area contributed by atoms with E-state index in [0.29, 0.717) is 0 Å². The fraction of sp³-hybridized carbons (Fsp3) is 0.